The lowest BCUT2D eigenvalue weighted by Gasteiger charge is -2.41. The minimum Gasteiger partial charge on any atom is -0.478 e. The highest BCUT2D eigenvalue weighted by molar-refractivity contribution is 7.67. The second kappa shape index (κ2) is 20.8. The Balaban J connectivity index is 1.06. The number of carbonyl (C=O) groups is 6. The van der Waals surface area contributed by atoms with Crippen LogP contribution < -0.4 is 20.4 Å². The zero-order valence-electron chi connectivity index (χ0n) is 33.8. The Kier molecular flexibility index (Phi) is 14.6. The molecule has 62 heavy (non-hydrogen) atoms. The molecule has 0 spiro atoms. The van der Waals surface area contributed by atoms with E-state index in [1.807, 2.05) is 36.4 Å². The molecule has 6 aromatic rings. The molecule has 7 rings (SSSR count). The van der Waals surface area contributed by atoms with Gasteiger partial charge >= 0.3 is 17.9 Å². The topological polar surface area (TPSA) is 138 Å². The lowest BCUT2D eigenvalue weighted by molar-refractivity contribution is -0.137. The maximum Gasteiger partial charge on any atom is 0.346 e. The Morgan fingerprint density at radius 1 is 0.532 bits per heavy atom. The molecule has 1 saturated heterocycles. The monoisotopic (exact) mass is 862 g/mol. The Morgan fingerprint density at radius 3 is 1.45 bits per heavy atom. The van der Waals surface area contributed by atoms with Crippen molar-refractivity contribution in [2.75, 3.05) is 34.9 Å². The van der Waals surface area contributed by atoms with Gasteiger partial charge in [0.25, 0.3) is 0 Å². The standard InChI is InChI=1S/C50H44N2O8P2/c53-31-38-11-7-8-16-43(38)50(59)60-47(55)30-24-37-21-27-40(28-22-37)52-34-61(41-12-3-1-4-13-41)32-51(33-62(35-52)42-14-5-2-6-15-42)39-25-19-36(20-26-39)23-29-46(54)48(56)44-17-9-10-18-45(44)49(57)58/h1-22,25-28,31H,23-24,29-30,32-35H2,(H,57,58). The van der Waals surface area contributed by atoms with Gasteiger partial charge in [0, 0.05) is 54.1 Å². The van der Waals surface area contributed by atoms with E-state index in [2.05, 4.69) is 82.6 Å². The van der Waals surface area contributed by atoms with Gasteiger partial charge in [-0.05, 0) is 86.8 Å². The van der Waals surface area contributed by atoms with Crippen molar-refractivity contribution < 1.29 is 38.6 Å². The predicted molar refractivity (Wildman–Crippen MR) is 245 cm³/mol. The largest absolute Gasteiger partial charge is 0.478 e. The van der Waals surface area contributed by atoms with Gasteiger partial charge in [-0.15, -0.1) is 0 Å². The van der Waals surface area contributed by atoms with Gasteiger partial charge in [-0.1, -0.05) is 121 Å². The molecule has 1 fully saturated rings. The second-order valence-electron chi connectivity index (χ2n) is 14.8. The SMILES string of the molecule is O=Cc1ccccc1C(=O)OC(=O)CCc1ccc(N2CP(c3ccccc3)CN(c3ccc(CCC(=O)C(=O)c4ccccc4C(=O)O)cc3)CP(c3ccccc3)C2)cc1. The highest BCUT2D eigenvalue weighted by Gasteiger charge is 2.29. The number of hydrogen-bond acceptors (Lipinski definition) is 9. The zero-order valence-corrected chi connectivity index (χ0v) is 35.6. The number of aryl methyl sites for hydroxylation is 2. The van der Waals surface area contributed by atoms with Crippen LogP contribution in [-0.2, 0) is 27.2 Å². The van der Waals surface area contributed by atoms with Crippen LogP contribution in [0.25, 0.3) is 0 Å². The van der Waals surface area contributed by atoms with Crippen molar-refractivity contribution >= 4 is 73.6 Å². The third kappa shape index (κ3) is 11.0. The van der Waals surface area contributed by atoms with Crippen LogP contribution in [0.5, 0.6) is 0 Å². The number of rotatable bonds is 15. The van der Waals surface area contributed by atoms with Crippen molar-refractivity contribution in [3.8, 4) is 0 Å². The number of aromatic carboxylic acids is 1. The molecule has 1 aliphatic rings. The first kappa shape index (κ1) is 43.5. The Hall–Kier alpha value is -6.60. The molecule has 0 amide bonds. The minimum atomic E-state index is -1.25. The number of ether oxygens (including phenoxy) is 1. The highest BCUT2D eigenvalue weighted by atomic mass is 31.1. The number of benzene rings is 6. The van der Waals surface area contributed by atoms with E-state index in [0.717, 1.165) is 47.6 Å². The fourth-order valence-corrected chi connectivity index (χ4v) is 12.3. The summed E-state index contributed by atoms with van der Waals surface area (Å²) in [6, 6.07) is 49.6. The first-order chi connectivity index (χ1) is 30.2. The number of nitrogens with zero attached hydrogens (tertiary/aromatic N) is 2. The molecule has 0 saturated carbocycles. The zero-order chi connectivity index (χ0) is 43.4. The van der Waals surface area contributed by atoms with Crippen molar-refractivity contribution in [1.82, 2.24) is 0 Å². The van der Waals surface area contributed by atoms with Crippen molar-refractivity contribution in [2.45, 2.75) is 25.7 Å². The molecule has 2 unspecified atom stereocenters. The van der Waals surface area contributed by atoms with Crippen LogP contribution in [0.3, 0.4) is 0 Å². The summed E-state index contributed by atoms with van der Waals surface area (Å²) in [7, 11) is -1.43. The van der Waals surface area contributed by atoms with Crippen molar-refractivity contribution in [2.24, 2.45) is 0 Å². The van der Waals surface area contributed by atoms with Crippen LogP contribution in [0.15, 0.2) is 158 Å². The quantitative estimate of drug-likeness (QED) is 0.0267. The lowest BCUT2D eigenvalue weighted by atomic mass is 9.97. The third-order valence-corrected chi connectivity index (χ3v) is 15.4. The number of carboxylic acids is 1. The number of anilines is 2. The average Bonchev–Trinajstić information content (AvgIpc) is 3.31. The Morgan fingerprint density at radius 2 is 0.968 bits per heavy atom. The lowest BCUT2D eigenvalue weighted by Crippen LogP contribution is -2.38. The van der Waals surface area contributed by atoms with Crippen molar-refractivity contribution in [1.29, 1.82) is 0 Å². The van der Waals surface area contributed by atoms with Gasteiger partial charge in [-0.2, -0.15) is 0 Å². The van der Waals surface area contributed by atoms with Crippen LogP contribution in [0.1, 0.15) is 65.4 Å². The van der Waals surface area contributed by atoms with Crippen LogP contribution in [0.2, 0.25) is 0 Å². The Labute approximate surface area is 362 Å². The molecular formula is C50H44N2O8P2. The highest BCUT2D eigenvalue weighted by Crippen LogP contribution is 2.48. The molecule has 312 valence electrons. The summed E-state index contributed by atoms with van der Waals surface area (Å²) in [5, 5.41) is 12.1. The molecule has 12 heteroatoms. The van der Waals surface area contributed by atoms with Crippen molar-refractivity contribution in [3.05, 3.63) is 191 Å². The smallest absolute Gasteiger partial charge is 0.346 e. The summed E-state index contributed by atoms with van der Waals surface area (Å²) in [5.74, 6) is -4.16. The molecule has 2 atom stereocenters. The van der Waals surface area contributed by atoms with Gasteiger partial charge < -0.3 is 19.6 Å². The van der Waals surface area contributed by atoms with E-state index in [-0.39, 0.29) is 35.1 Å². The van der Waals surface area contributed by atoms with Gasteiger partial charge in [0.2, 0.25) is 11.6 Å². The van der Waals surface area contributed by atoms with Crippen LogP contribution in [0, 0.1) is 0 Å². The second-order valence-corrected chi connectivity index (χ2v) is 19.1. The van der Waals surface area contributed by atoms with Gasteiger partial charge in [0.1, 0.15) is 0 Å². The van der Waals surface area contributed by atoms with Gasteiger partial charge in [0.15, 0.2) is 6.29 Å². The summed E-state index contributed by atoms with van der Waals surface area (Å²) in [6.45, 7) is 0. The predicted octanol–water partition coefficient (Wildman–Crippen LogP) is 8.67. The van der Waals surface area contributed by atoms with Gasteiger partial charge in [-0.25, -0.2) is 9.59 Å². The number of Topliss-reactive ketones (excluding diaryl/α,β-unsaturated/α-hetero) is 2. The summed E-state index contributed by atoms with van der Waals surface area (Å²) in [6.07, 6.45) is 4.54. The normalized spacial score (nSPS) is 15.2. The average molecular weight is 863 g/mol. The molecule has 0 bridgehead atoms. The number of carboxylic acid groups (broad SMARTS) is 1. The minimum absolute atomic E-state index is 0.00883. The Bertz CT molecular complexity index is 2500. The van der Waals surface area contributed by atoms with E-state index in [9.17, 15) is 33.9 Å². The summed E-state index contributed by atoms with van der Waals surface area (Å²) in [5.41, 5.74) is 3.95. The van der Waals surface area contributed by atoms with Crippen LogP contribution >= 0.6 is 15.8 Å². The first-order valence-electron chi connectivity index (χ1n) is 20.1. The molecule has 0 aliphatic carbocycles. The summed E-state index contributed by atoms with van der Waals surface area (Å²) in [4.78, 5) is 79.0. The van der Waals surface area contributed by atoms with Gasteiger partial charge in [-0.3, -0.25) is 19.2 Å². The number of esters is 2. The third-order valence-electron chi connectivity index (χ3n) is 10.6. The number of carbonyl (C=O) groups excluding carboxylic acids is 5. The van der Waals surface area contributed by atoms with E-state index in [4.69, 9.17) is 4.74 Å². The van der Waals surface area contributed by atoms with Crippen molar-refractivity contribution in [3.63, 3.8) is 0 Å². The van der Waals surface area contributed by atoms with E-state index < -0.39 is 45.3 Å². The fraction of sp³-hybridized carbons (Fsp3) is 0.160. The molecule has 0 aromatic heterocycles. The maximum absolute atomic E-state index is 12.9. The number of aldehydes is 1. The summed E-state index contributed by atoms with van der Waals surface area (Å²) >= 11 is 0. The van der Waals surface area contributed by atoms with E-state index in [1.54, 1.807) is 18.2 Å². The van der Waals surface area contributed by atoms with Crippen LogP contribution in [0.4, 0.5) is 11.4 Å². The molecule has 1 heterocycles. The molecule has 0 radical (unpaired) electrons. The van der Waals surface area contributed by atoms with E-state index in [0.29, 0.717) is 19.1 Å². The van der Waals surface area contributed by atoms with Crippen LogP contribution in [-0.4, -0.2) is 66.0 Å². The fourth-order valence-electron chi connectivity index (χ4n) is 7.31. The maximum atomic E-state index is 12.9. The molecule has 10 nitrogen and oxygen atoms in total. The molecule has 1 aliphatic heterocycles. The van der Waals surface area contributed by atoms with E-state index >= 15 is 0 Å². The summed E-state index contributed by atoms with van der Waals surface area (Å²) < 4.78 is 5.07. The molecule has 1 N–H and O–H groups in total. The van der Waals surface area contributed by atoms with Gasteiger partial charge in [0.05, 0.1) is 17.5 Å². The molecule has 6 aromatic carbocycles. The first-order valence-corrected chi connectivity index (χ1v) is 23.6. The number of ketones is 2. The number of hydrogen-bond donors (Lipinski definition) is 1. The van der Waals surface area contributed by atoms with E-state index in [1.165, 1.54) is 40.9 Å². The molecular weight excluding hydrogens is 819 g/mol.